The minimum atomic E-state index is 0.411. The molecule has 0 amide bonds. The standard InChI is InChI=1S/C22H27N7O/c1-8-23-22(24-9-1)27-17-4-2-16(3-5-17)26-21-15-25-19-7-6-18(14-20(19)28-21)29-10-12-30-13-11-29/h1,6-9,14-17H,2-5,10-13H2,(H,26,28)(H,23,24,27). The molecular formula is C22H27N7O. The van der Waals surface area contributed by atoms with Crippen molar-refractivity contribution in [2.45, 2.75) is 37.8 Å². The highest BCUT2D eigenvalue weighted by Gasteiger charge is 2.22. The van der Waals surface area contributed by atoms with E-state index in [4.69, 9.17) is 9.72 Å². The molecule has 1 aliphatic carbocycles. The molecule has 5 rings (SSSR count). The number of nitrogens with one attached hydrogen (secondary N) is 2. The molecule has 2 aliphatic rings. The van der Waals surface area contributed by atoms with Gasteiger partial charge < -0.3 is 20.3 Å². The van der Waals surface area contributed by atoms with Crippen molar-refractivity contribution in [1.82, 2.24) is 19.9 Å². The molecule has 8 nitrogen and oxygen atoms in total. The van der Waals surface area contributed by atoms with Crippen molar-refractivity contribution in [1.29, 1.82) is 0 Å². The summed E-state index contributed by atoms with van der Waals surface area (Å²) in [5.74, 6) is 1.56. The zero-order valence-electron chi connectivity index (χ0n) is 17.0. The Bertz CT molecular complexity index is 970. The molecule has 2 N–H and O–H groups in total. The molecule has 2 aromatic heterocycles. The number of morpholine rings is 1. The van der Waals surface area contributed by atoms with Crippen molar-refractivity contribution in [2.75, 3.05) is 41.8 Å². The molecule has 0 bridgehead atoms. The highest BCUT2D eigenvalue weighted by molar-refractivity contribution is 5.80. The third-order valence-electron chi connectivity index (χ3n) is 5.88. The fourth-order valence-corrected chi connectivity index (χ4v) is 4.24. The van der Waals surface area contributed by atoms with E-state index >= 15 is 0 Å². The molecule has 0 atom stereocenters. The van der Waals surface area contributed by atoms with Crippen LogP contribution in [-0.2, 0) is 4.74 Å². The van der Waals surface area contributed by atoms with Crippen LogP contribution in [-0.4, -0.2) is 58.3 Å². The first-order valence-corrected chi connectivity index (χ1v) is 10.7. The van der Waals surface area contributed by atoms with E-state index in [1.165, 1.54) is 5.69 Å². The maximum absolute atomic E-state index is 5.46. The molecule has 1 saturated heterocycles. The molecule has 3 aromatic rings. The number of rotatable bonds is 5. The predicted octanol–water partition coefficient (Wildman–Crippen LogP) is 3.09. The van der Waals surface area contributed by atoms with Crippen LogP contribution in [0.4, 0.5) is 17.5 Å². The minimum absolute atomic E-state index is 0.411. The first-order chi connectivity index (χ1) is 14.8. The van der Waals surface area contributed by atoms with E-state index in [2.05, 4.69) is 48.7 Å². The summed E-state index contributed by atoms with van der Waals surface area (Å²) >= 11 is 0. The molecule has 0 radical (unpaired) electrons. The van der Waals surface area contributed by atoms with E-state index in [1.54, 1.807) is 12.4 Å². The Hall–Kier alpha value is -3.00. The van der Waals surface area contributed by atoms with Crippen LogP contribution in [0.25, 0.3) is 11.0 Å². The largest absolute Gasteiger partial charge is 0.378 e. The highest BCUT2D eigenvalue weighted by atomic mass is 16.5. The van der Waals surface area contributed by atoms with Gasteiger partial charge in [-0.15, -0.1) is 0 Å². The molecule has 8 heteroatoms. The van der Waals surface area contributed by atoms with Gasteiger partial charge in [0.05, 0.1) is 30.4 Å². The summed E-state index contributed by atoms with van der Waals surface area (Å²) in [5.41, 5.74) is 3.04. The zero-order chi connectivity index (χ0) is 20.2. The number of aromatic nitrogens is 4. The number of benzene rings is 1. The van der Waals surface area contributed by atoms with Crippen LogP contribution in [0, 0.1) is 0 Å². The minimum Gasteiger partial charge on any atom is -0.378 e. The van der Waals surface area contributed by atoms with Crippen LogP contribution in [0.15, 0.2) is 42.9 Å². The van der Waals surface area contributed by atoms with Gasteiger partial charge in [0.25, 0.3) is 0 Å². The van der Waals surface area contributed by atoms with Gasteiger partial charge in [-0.3, -0.25) is 4.98 Å². The third kappa shape index (κ3) is 4.43. The number of hydrogen-bond acceptors (Lipinski definition) is 8. The van der Waals surface area contributed by atoms with Crippen molar-refractivity contribution >= 4 is 28.5 Å². The van der Waals surface area contributed by atoms with Gasteiger partial charge in [0.2, 0.25) is 5.95 Å². The van der Waals surface area contributed by atoms with Crippen LogP contribution >= 0.6 is 0 Å². The van der Waals surface area contributed by atoms with Gasteiger partial charge >= 0.3 is 0 Å². The van der Waals surface area contributed by atoms with Crippen molar-refractivity contribution in [2.24, 2.45) is 0 Å². The zero-order valence-corrected chi connectivity index (χ0v) is 17.0. The first kappa shape index (κ1) is 19.0. The summed E-state index contributed by atoms with van der Waals surface area (Å²) < 4.78 is 5.46. The maximum atomic E-state index is 5.46. The summed E-state index contributed by atoms with van der Waals surface area (Å²) in [7, 11) is 0. The van der Waals surface area contributed by atoms with Gasteiger partial charge in [-0.2, -0.15) is 0 Å². The predicted molar refractivity (Wildman–Crippen MR) is 118 cm³/mol. The van der Waals surface area contributed by atoms with Gasteiger partial charge in [0.15, 0.2) is 0 Å². The summed E-state index contributed by atoms with van der Waals surface area (Å²) in [6.07, 6.45) is 9.71. The fourth-order valence-electron chi connectivity index (χ4n) is 4.24. The van der Waals surface area contributed by atoms with Crippen LogP contribution in [0.1, 0.15) is 25.7 Å². The van der Waals surface area contributed by atoms with Crippen molar-refractivity contribution < 1.29 is 4.74 Å². The molecule has 2 fully saturated rings. The molecule has 30 heavy (non-hydrogen) atoms. The Morgan fingerprint density at radius 3 is 2.37 bits per heavy atom. The summed E-state index contributed by atoms with van der Waals surface area (Å²) in [5, 5.41) is 7.03. The molecule has 0 spiro atoms. The van der Waals surface area contributed by atoms with Crippen molar-refractivity contribution in [3.63, 3.8) is 0 Å². The molecule has 156 valence electrons. The lowest BCUT2D eigenvalue weighted by Gasteiger charge is -2.30. The highest BCUT2D eigenvalue weighted by Crippen LogP contribution is 2.25. The monoisotopic (exact) mass is 405 g/mol. The van der Waals surface area contributed by atoms with E-state index in [0.717, 1.165) is 68.8 Å². The number of anilines is 3. The van der Waals surface area contributed by atoms with E-state index < -0.39 is 0 Å². The van der Waals surface area contributed by atoms with Gasteiger partial charge in [-0.1, -0.05) is 0 Å². The number of hydrogen-bond donors (Lipinski definition) is 2. The molecule has 3 heterocycles. The van der Waals surface area contributed by atoms with Gasteiger partial charge in [0.1, 0.15) is 5.82 Å². The normalized spacial score (nSPS) is 22.1. The van der Waals surface area contributed by atoms with E-state index in [9.17, 15) is 0 Å². The Kier molecular flexibility index (Phi) is 5.56. The second kappa shape index (κ2) is 8.79. The molecule has 1 aromatic carbocycles. The van der Waals surface area contributed by atoms with E-state index in [0.29, 0.717) is 18.0 Å². The van der Waals surface area contributed by atoms with Crippen molar-refractivity contribution in [3.05, 3.63) is 42.9 Å². The van der Waals surface area contributed by atoms with Crippen molar-refractivity contribution in [3.8, 4) is 0 Å². The smallest absolute Gasteiger partial charge is 0.222 e. The molecule has 1 saturated carbocycles. The topological polar surface area (TPSA) is 88.1 Å². The quantitative estimate of drug-likeness (QED) is 0.670. The van der Waals surface area contributed by atoms with Gasteiger partial charge in [0, 0.05) is 43.3 Å². The fraction of sp³-hybridized carbons (Fsp3) is 0.455. The van der Waals surface area contributed by atoms with Crippen LogP contribution < -0.4 is 15.5 Å². The summed E-state index contributed by atoms with van der Waals surface area (Å²) in [6, 6.07) is 8.98. The second-order valence-electron chi connectivity index (χ2n) is 7.94. The average Bonchev–Trinajstić information content (AvgIpc) is 2.81. The van der Waals surface area contributed by atoms with Gasteiger partial charge in [-0.25, -0.2) is 15.0 Å². The SMILES string of the molecule is c1cnc(NC2CCC(Nc3cnc4ccc(N5CCOCC5)cc4n3)CC2)nc1. The van der Waals surface area contributed by atoms with E-state index in [-0.39, 0.29) is 0 Å². The first-order valence-electron chi connectivity index (χ1n) is 10.7. The number of nitrogens with zero attached hydrogens (tertiary/aromatic N) is 5. The van der Waals surface area contributed by atoms with Crippen LogP contribution in [0.3, 0.4) is 0 Å². The summed E-state index contributed by atoms with van der Waals surface area (Å²) in [4.78, 5) is 20.3. The Morgan fingerprint density at radius 1 is 0.867 bits per heavy atom. The number of ether oxygens (including phenoxy) is 1. The van der Waals surface area contributed by atoms with Crippen LogP contribution in [0.2, 0.25) is 0 Å². The van der Waals surface area contributed by atoms with Gasteiger partial charge in [-0.05, 0) is 49.9 Å². The third-order valence-corrected chi connectivity index (χ3v) is 5.88. The molecular weight excluding hydrogens is 378 g/mol. The lowest BCUT2D eigenvalue weighted by Crippen LogP contribution is -2.36. The number of fused-ring (bicyclic) bond motifs is 1. The average molecular weight is 406 g/mol. The second-order valence-corrected chi connectivity index (χ2v) is 7.94. The Balaban J connectivity index is 1.21. The maximum Gasteiger partial charge on any atom is 0.222 e. The Morgan fingerprint density at radius 2 is 1.60 bits per heavy atom. The molecule has 1 aliphatic heterocycles. The van der Waals surface area contributed by atoms with Crippen LogP contribution in [0.5, 0.6) is 0 Å². The lowest BCUT2D eigenvalue weighted by atomic mass is 9.91. The summed E-state index contributed by atoms with van der Waals surface area (Å²) in [6.45, 7) is 3.39. The van der Waals surface area contributed by atoms with E-state index in [1.807, 2.05) is 12.3 Å². The molecule has 0 unspecified atom stereocenters. The lowest BCUT2D eigenvalue weighted by molar-refractivity contribution is 0.122. The Labute approximate surface area is 176 Å².